The zero-order valence-electron chi connectivity index (χ0n) is 12.4. The molecule has 0 atom stereocenters. The predicted molar refractivity (Wildman–Crippen MR) is 85.1 cm³/mol. The molecule has 6 heteroatoms. The number of ketones is 1. The fourth-order valence-corrected chi connectivity index (χ4v) is 1.92. The van der Waals surface area contributed by atoms with Gasteiger partial charge in [0.15, 0.2) is 5.78 Å². The van der Waals surface area contributed by atoms with Gasteiger partial charge in [-0.1, -0.05) is 36.4 Å². The van der Waals surface area contributed by atoms with Gasteiger partial charge in [0.25, 0.3) is 5.91 Å². The van der Waals surface area contributed by atoms with E-state index in [0.29, 0.717) is 11.1 Å². The Hall–Kier alpha value is -3.12. The molecule has 2 N–H and O–H groups in total. The van der Waals surface area contributed by atoms with Crippen LogP contribution in [0.4, 0.5) is 8.78 Å². The molecule has 122 valence electrons. The summed E-state index contributed by atoms with van der Waals surface area (Å²) >= 11 is 0. The molecule has 0 heterocycles. The minimum atomic E-state index is -0.910. The molecular formula is C18H13F2NO3. The quantitative estimate of drug-likeness (QED) is 0.382. The van der Waals surface area contributed by atoms with Crippen molar-refractivity contribution in [3.05, 3.63) is 82.9 Å². The highest BCUT2D eigenvalue weighted by atomic mass is 19.1. The standard InChI is InChI=1S/C18H13F2NO3/c19-14-2-1-3-15(20)18(14)16(22)10-8-12-4-6-13(7-5-12)9-11-17(23)21-24/h1-11,24H,(H,21,23)/b10-8+,11-9+. The molecule has 0 aliphatic heterocycles. The molecule has 0 bridgehead atoms. The Labute approximate surface area is 136 Å². The maximum atomic E-state index is 13.5. The summed E-state index contributed by atoms with van der Waals surface area (Å²) in [6, 6.07) is 9.91. The Bertz CT molecular complexity index is 791. The molecule has 2 aromatic carbocycles. The third-order valence-corrected chi connectivity index (χ3v) is 3.11. The van der Waals surface area contributed by atoms with E-state index in [2.05, 4.69) is 0 Å². The van der Waals surface area contributed by atoms with Gasteiger partial charge in [0.2, 0.25) is 0 Å². The van der Waals surface area contributed by atoms with Crippen molar-refractivity contribution < 1.29 is 23.6 Å². The van der Waals surface area contributed by atoms with Crippen molar-refractivity contribution in [2.45, 2.75) is 0 Å². The first kappa shape index (κ1) is 17.2. The second-order valence-electron chi connectivity index (χ2n) is 4.77. The summed E-state index contributed by atoms with van der Waals surface area (Å²) in [5, 5.41) is 8.37. The molecule has 0 saturated heterocycles. The van der Waals surface area contributed by atoms with Crippen molar-refractivity contribution >= 4 is 23.8 Å². The van der Waals surface area contributed by atoms with Crippen LogP contribution < -0.4 is 5.48 Å². The summed E-state index contributed by atoms with van der Waals surface area (Å²) in [5.41, 5.74) is 2.21. The van der Waals surface area contributed by atoms with Crippen LogP contribution >= 0.6 is 0 Å². The molecule has 1 amide bonds. The van der Waals surface area contributed by atoms with Gasteiger partial charge in [0.1, 0.15) is 11.6 Å². The summed E-state index contributed by atoms with van der Waals surface area (Å²) in [5.74, 6) is -3.25. The third kappa shape index (κ3) is 4.44. The van der Waals surface area contributed by atoms with E-state index in [1.807, 2.05) is 0 Å². The Morgan fingerprint density at radius 3 is 1.88 bits per heavy atom. The number of amides is 1. The Kier molecular flexibility index (Phi) is 5.70. The van der Waals surface area contributed by atoms with E-state index in [1.165, 1.54) is 23.7 Å². The second kappa shape index (κ2) is 7.94. The molecule has 0 unspecified atom stereocenters. The fourth-order valence-electron chi connectivity index (χ4n) is 1.92. The SMILES string of the molecule is O=C(/C=C/c1ccc(/C=C/C(=O)c2c(F)cccc2F)cc1)NO. The van der Waals surface area contributed by atoms with Crippen LogP contribution in [0.2, 0.25) is 0 Å². The van der Waals surface area contributed by atoms with Crippen LogP contribution in [0.1, 0.15) is 21.5 Å². The lowest BCUT2D eigenvalue weighted by Gasteiger charge is -2.00. The van der Waals surface area contributed by atoms with Crippen molar-refractivity contribution in [2.24, 2.45) is 0 Å². The number of rotatable bonds is 5. The van der Waals surface area contributed by atoms with Crippen molar-refractivity contribution in [2.75, 3.05) is 0 Å². The minimum absolute atomic E-state index is 0.594. The van der Waals surface area contributed by atoms with Crippen molar-refractivity contribution in [1.82, 2.24) is 5.48 Å². The normalized spacial score (nSPS) is 11.1. The number of carbonyl (C=O) groups excluding carboxylic acids is 2. The molecule has 0 saturated carbocycles. The third-order valence-electron chi connectivity index (χ3n) is 3.11. The molecule has 2 rings (SSSR count). The Morgan fingerprint density at radius 2 is 1.38 bits per heavy atom. The lowest BCUT2D eigenvalue weighted by Crippen LogP contribution is -2.14. The maximum Gasteiger partial charge on any atom is 0.267 e. The number of benzene rings is 2. The first-order valence-corrected chi connectivity index (χ1v) is 6.90. The van der Waals surface area contributed by atoms with E-state index in [1.54, 1.807) is 24.3 Å². The van der Waals surface area contributed by atoms with E-state index in [4.69, 9.17) is 5.21 Å². The Balaban J connectivity index is 2.11. The highest BCUT2D eigenvalue weighted by Gasteiger charge is 2.14. The molecule has 0 fully saturated rings. The van der Waals surface area contributed by atoms with Crippen LogP contribution in [0.3, 0.4) is 0 Å². The van der Waals surface area contributed by atoms with E-state index in [0.717, 1.165) is 24.3 Å². The molecular weight excluding hydrogens is 316 g/mol. The average Bonchev–Trinajstić information content (AvgIpc) is 2.58. The first-order chi connectivity index (χ1) is 11.5. The van der Waals surface area contributed by atoms with Crippen LogP contribution in [-0.4, -0.2) is 16.9 Å². The van der Waals surface area contributed by atoms with E-state index >= 15 is 0 Å². The van der Waals surface area contributed by atoms with Crippen LogP contribution in [-0.2, 0) is 4.79 Å². The smallest absolute Gasteiger partial charge is 0.267 e. The number of allylic oxidation sites excluding steroid dienone is 1. The van der Waals surface area contributed by atoms with Gasteiger partial charge in [-0.05, 0) is 35.4 Å². The van der Waals surface area contributed by atoms with Gasteiger partial charge < -0.3 is 0 Å². The average molecular weight is 329 g/mol. The lowest BCUT2D eigenvalue weighted by atomic mass is 10.1. The zero-order chi connectivity index (χ0) is 17.5. The number of hydrogen-bond donors (Lipinski definition) is 2. The lowest BCUT2D eigenvalue weighted by molar-refractivity contribution is -0.124. The summed E-state index contributed by atoms with van der Waals surface area (Å²) < 4.78 is 27.0. The van der Waals surface area contributed by atoms with Gasteiger partial charge in [-0.15, -0.1) is 0 Å². The predicted octanol–water partition coefficient (Wildman–Crippen LogP) is 3.38. The fraction of sp³-hybridized carbons (Fsp3) is 0. The largest absolute Gasteiger partial charge is 0.289 e. The van der Waals surface area contributed by atoms with E-state index in [9.17, 15) is 18.4 Å². The summed E-state index contributed by atoms with van der Waals surface area (Å²) in [4.78, 5) is 22.8. The molecule has 0 aromatic heterocycles. The summed E-state index contributed by atoms with van der Waals surface area (Å²) in [7, 11) is 0. The van der Waals surface area contributed by atoms with Crippen molar-refractivity contribution in [3.63, 3.8) is 0 Å². The second-order valence-corrected chi connectivity index (χ2v) is 4.77. The number of carbonyl (C=O) groups is 2. The van der Waals surface area contributed by atoms with Gasteiger partial charge >= 0.3 is 0 Å². The molecule has 0 aliphatic rings. The zero-order valence-corrected chi connectivity index (χ0v) is 12.4. The first-order valence-electron chi connectivity index (χ1n) is 6.90. The van der Waals surface area contributed by atoms with Gasteiger partial charge in [-0.25, -0.2) is 14.3 Å². The maximum absolute atomic E-state index is 13.5. The van der Waals surface area contributed by atoms with Crippen LogP contribution in [0.5, 0.6) is 0 Å². The van der Waals surface area contributed by atoms with Gasteiger partial charge in [0, 0.05) is 6.08 Å². The molecule has 4 nitrogen and oxygen atoms in total. The highest BCUT2D eigenvalue weighted by molar-refractivity contribution is 6.07. The van der Waals surface area contributed by atoms with Crippen molar-refractivity contribution in [3.8, 4) is 0 Å². The summed E-state index contributed by atoms with van der Waals surface area (Å²) in [6.07, 6.45) is 5.15. The van der Waals surface area contributed by atoms with Crippen LogP contribution in [0, 0.1) is 11.6 Å². The van der Waals surface area contributed by atoms with E-state index in [-0.39, 0.29) is 0 Å². The molecule has 0 aliphatic carbocycles. The molecule has 0 radical (unpaired) electrons. The van der Waals surface area contributed by atoms with E-state index < -0.39 is 28.9 Å². The molecule has 0 spiro atoms. The van der Waals surface area contributed by atoms with Crippen molar-refractivity contribution in [1.29, 1.82) is 0 Å². The summed E-state index contributed by atoms with van der Waals surface area (Å²) in [6.45, 7) is 0. The Morgan fingerprint density at radius 1 is 0.875 bits per heavy atom. The number of hydroxylamine groups is 1. The van der Waals surface area contributed by atoms with Crippen LogP contribution in [0.15, 0.2) is 54.6 Å². The van der Waals surface area contributed by atoms with Crippen LogP contribution in [0.25, 0.3) is 12.2 Å². The number of halogens is 2. The number of hydrogen-bond acceptors (Lipinski definition) is 3. The minimum Gasteiger partial charge on any atom is -0.289 e. The van der Waals surface area contributed by atoms with Gasteiger partial charge in [0.05, 0.1) is 5.56 Å². The monoisotopic (exact) mass is 329 g/mol. The van der Waals surface area contributed by atoms with Gasteiger partial charge in [-0.3, -0.25) is 14.8 Å². The molecule has 2 aromatic rings. The van der Waals surface area contributed by atoms with Gasteiger partial charge in [-0.2, -0.15) is 0 Å². The highest BCUT2D eigenvalue weighted by Crippen LogP contribution is 2.14. The number of nitrogens with one attached hydrogen (secondary N) is 1. The molecule has 24 heavy (non-hydrogen) atoms. The topological polar surface area (TPSA) is 66.4 Å².